The summed E-state index contributed by atoms with van der Waals surface area (Å²) in [6, 6.07) is 9.57. The second-order valence-corrected chi connectivity index (χ2v) is 4.65. The highest BCUT2D eigenvalue weighted by Gasteiger charge is 2.08. The van der Waals surface area contributed by atoms with E-state index in [0.29, 0.717) is 44.0 Å². The Morgan fingerprint density at radius 2 is 2.00 bits per heavy atom. The lowest BCUT2D eigenvalue weighted by Crippen LogP contribution is -2.24. The van der Waals surface area contributed by atoms with Gasteiger partial charge in [-0.25, -0.2) is 0 Å². The molecule has 1 amide bonds. The Balaban J connectivity index is 1.75. The molecule has 0 saturated heterocycles. The molecule has 1 aromatic carbocycles. The molecule has 0 spiro atoms. The molecule has 1 heterocycles. The van der Waals surface area contributed by atoms with Gasteiger partial charge in [0.1, 0.15) is 0 Å². The molecular formula is C15H19N3O3. The highest BCUT2D eigenvalue weighted by molar-refractivity contribution is 5.75. The van der Waals surface area contributed by atoms with Gasteiger partial charge in [-0.15, -0.1) is 10.2 Å². The number of aliphatic hydroxyl groups is 1. The molecular weight excluding hydrogens is 270 g/mol. The maximum Gasteiger partial charge on any atom is 0.247 e. The maximum absolute atomic E-state index is 11.5. The molecule has 0 saturated carbocycles. The van der Waals surface area contributed by atoms with Gasteiger partial charge >= 0.3 is 0 Å². The zero-order chi connectivity index (χ0) is 14.9. The van der Waals surface area contributed by atoms with E-state index in [1.807, 2.05) is 30.3 Å². The van der Waals surface area contributed by atoms with Gasteiger partial charge in [-0.1, -0.05) is 18.2 Å². The van der Waals surface area contributed by atoms with E-state index in [-0.39, 0.29) is 12.5 Å². The van der Waals surface area contributed by atoms with Gasteiger partial charge in [-0.05, 0) is 25.0 Å². The minimum absolute atomic E-state index is 0.0220. The predicted molar refractivity (Wildman–Crippen MR) is 77.4 cm³/mol. The fraction of sp³-hybridized carbons (Fsp3) is 0.400. The molecule has 1 aromatic heterocycles. The van der Waals surface area contributed by atoms with Crippen molar-refractivity contribution in [3.05, 3.63) is 36.2 Å². The van der Waals surface area contributed by atoms with Crippen LogP contribution in [0.1, 0.15) is 25.2 Å². The molecule has 21 heavy (non-hydrogen) atoms. The first-order chi connectivity index (χ1) is 10.3. The number of nitrogens with zero attached hydrogens (tertiary/aromatic N) is 2. The van der Waals surface area contributed by atoms with Crippen LogP contribution in [0.3, 0.4) is 0 Å². The van der Waals surface area contributed by atoms with Crippen LogP contribution in [-0.2, 0) is 11.2 Å². The topological polar surface area (TPSA) is 88.2 Å². The Kier molecular flexibility index (Phi) is 5.90. The van der Waals surface area contributed by atoms with Crippen LogP contribution in [0, 0.1) is 0 Å². The summed E-state index contributed by atoms with van der Waals surface area (Å²) in [5.41, 5.74) is 0.887. The van der Waals surface area contributed by atoms with Crippen molar-refractivity contribution in [2.45, 2.75) is 25.7 Å². The Morgan fingerprint density at radius 3 is 2.76 bits per heavy atom. The van der Waals surface area contributed by atoms with Crippen LogP contribution < -0.4 is 5.32 Å². The van der Waals surface area contributed by atoms with Crippen LogP contribution in [0.2, 0.25) is 0 Å². The van der Waals surface area contributed by atoms with Gasteiger partial charge in [0, 0.05) is 31.6 Å². The number of amides is 1. The molecule has 0 fully saturated rings. The third kappa shape index (κ3) is 5.00. The molecule has 0 aliphatic rings. The number of rotatable bonds is 8. The number of carbonyl (C=O) groups excluding carboxylic acids is 1. The van der Waals surface area contributed by atoms with Gasteiger partial charge in [0.15, 0.2) is 0 Å². The first-order valence-electron chi connectivity index (χ1n) is 7.05. The monoisotopic (exact) mass is 289 g/mol. The van der Waals surface area contributed by atoms with Crippen LogP contribution in [-0.4, -0.2) is 34.4 Å². The van der Waals surface area contributed by atoms with Crippen LogP contribution in [0.25, 0.3) is 11.5 Å². The standard InChI is InChI=1S/C15H19N3O3/c19-11-5-10-16-13(20)8-4-9-14-17-18-15(21-14)12-6-2-1-3-7-12/h1-3,6-7,19H,4-5,8-11H2,(H,16,20). The van der Waals surface area contributed by atoms with Crippen molar-refractivity contribution in [2.75, 3.05) is 13.2 Å². The minimum atomic E-state index is -0.0220. The molecule has 112 valence electrons. The summed E-state index contributed by atoms with van der Waals surface area (Å²) < 4.78 is 5.56. The number of aryl methyl sites for hydroxylation is 1. The average Bonchev–Trinajstić information content (AvgIpc) is 2.97. The van der Waals surface area contributed by atoms with Gasteiger partial charge in [0.2, 0.25) is 17.7 Å². The Hall–Kier alpha value is -2.21. The smallest absolute Gasteiger partial charge is 0.247 e. The lowest BCUT2D eigenvalue weighted by Gasteiger charge is -2.02. The van der Waals surface area contributed by atoms with Crippen molar-refractivity contribution >= 4 is 5.91 Å². The number of nitrogens with one attached hydrogen (secondary N) is 1. The van der Waals surface area contributed by atoms with Gasteiger partial charge < -0.3 is 14.8 Å². The van der Waals surface area contributed by atoms with E-state index in [4.69, 9.17) is 9.52 Å². The van der Waals surface area contributed by atoms with E-state index >= 15 is 0 Å². The molecule has 2 aromatic rings. The molecule has 6 nitrogen and oxygen atoms in total. The molecule has 0 atom stereocenters. The van der Waals surface area contributed by atoms with E-state index < -0.39 is 0 Å². The van der Waals surface area contributed by atoms with E-state index in [1.54, 1.807) is 0 Å². The van der Waals surface area contributed by atoms with Crippen molar-refractivity contribution in [3.63, 3.8) is 0 Å². The fourth-order valence-electron chi connectivity index (χ4n) is 1.85. The lowest BCUT2D eigenvalue weighted by atomic mass is 10.2. The number of aromatic nitrogens is 2. The lowest BCUT2D eigenvalue weighted by molar-refractivity contribution is -0.121. The van der Waals surface area contributed by atoms with Gasteiger partial charge in [-0.2, -0.15) is 0 Å². The summed E-state index contributed by atoms with van der Waals surface area (Å²) in [5, 5.41) is 19.3. The van der Waals surface area contributed by atoms with Crippen molar-refractivity contribution in [1.82, 2.24) is 15.5 Å². The van der Waals surface area contributed by atoms with E-state index in [0.717, 1.165) is 5.56 Å². The summed E-state index contributed by atoms with van der Waals surface area (Å²) in [5.74, 6) is 1.02. The quantitative estimate of drug-likeness (QED) is 0.720. The summed E-state index contributed by atoms with van der Waals surface area (Å²) in [4.78, 5) is 11.5. The first-order valence-corrected chi connectivity index (χ1v) is 7.05. The van der Waals surface area contributed by atoms with E-state index in [2.05, 4.69) is 15.5 Å². The van der Waals surface area contributed by atoms with Crippen LogP contribution >= 0.6 is 0 Å². The van der Waals surface area contributed by atoms with Gasteiger partial charge in [0.05, 0.1) is 0 Å². The molecule has 0 radical (unpaired) electrons. The summed E-state index contributed by atoms with van der Waals surface area (Å²) in [6.07, 6.45) is 2.22. The van der Waals surface area contributed by atoms with Gasteiger partial charge in [-0.3, -0.25) is 4.79 Å². The molecule has 6 heteroatoms. The van der Waals surface area contributed by atoms with Crippen molar-refractivity contribution < 1.29 is 14.3 Å². The number of benzene rings is 1. The molecule has 2 N–H and O–H groups in total. The molecule has 0 unspecified atom stereocenters. The highest BCUT2D eigenvalue weighted by atomic mass is 16.4. The Labute approximate surface area is 123 Å². The van der Waals surface area contributed by atoms with E-state index in [9.17, 15) is 4.79 Å². The second kappa shape index (κ2) is 8.16. The average molecular weight is 289 g/mol. The normalized spacial score (nSPS) is 10.5. The number of hydrogen-bond acceptors (Lipinski definition) is 5. The van der Waals surface area contributed by atoms with Crippen molar-refractivity contribution in [3.8, 4) is 11.5 Å². The van der Waals surface area contributed by atoms with Crippen LogP contribution in [0.15, 0.2) is 34.7 Å². The van der Waals surface area contributed by atoms with Crippen LogP contribution in [0.5, 0.6) is 0 Å². The molecule has 2 rings (SSSR count). The van der Waals surface area contributed by atoms with Gasteiger partial charge in [0.25, 0.3) is 0 Å². The molecule has 0 aliphatic carbocycles. The third-order valence-corrected chi connectivity index (χ3v) is 2.94. The number of aliphatic hydroxyl groups excluding tert-OH is 1. The third-order valence-electron chi connectivity index (χ3n) is 2.94. The summed E-state index contributed by atoms with van der Waals surface area (Å²) in [7, 11) is 0. The highest BCUT2D eigenvalue weighted by Crippen LogP contribution is 2.17. The Morgan fingerprint density at radius 1 is 1.19 bits per heavy atom. The predicted octanol–water partition coefficient (Wildman–Crippen LogP) is 1.56. The molecule has 0 bridgehead atoms. The van der Waals surface area contributed by atoms with E-state index in [1.165, 1.54) is 0 Å². The molecule has 0 aliphatic heterocycles. The number of carbonyl (C=O) groups is 1. The fourth-order valence-corrected chi connectivity index (χ4v) is 1.85. The number of hydrogen-bond donors (Lipinski definition) is 2. The zero-order valence-electron chi connectivity index (χ0n) is 11.8. The van der Waals surface area contributed by atoms with Crippen molar-refractivity contribution in [1.29, 1.82) is 0 Å². The SMILES string of the molecule is O=C(CCCc1nnc(-c2ccccc2)o1)NCCCO. The van der Waals surface area contributed by atoms with Crippen molar-refractivity contribution in [2.24, 2.45) is 0 Å². The van der Waals surface area contributed by atoms with Crippen LogP contribution in [0.4, 0.5) is 0 Å². The first kappa shape index (κ1) is 15.2. The summed E-state index contributed by atoms with van der Waals surface area (Å²) >= 11 is 0. The largest absolute Gasteiger partial charge is 0.421 e. The second-order valence-electron chi connectivity index (χ2n) is 4.65. The zero-order valence-corrected chi connectivity index (χ0v) is 11.8. The maximum atomic E-state index is 11.5. The minimum Gasteiger partial charge on any atom is -0.421 e. The summed E-state index contributed by atoms with van der Waals surface area (Å²) in [6.45, 7) is 0.596. The Bertz CT molecular complexity index is 554.